The molecule has 0 unspecified atom stereocenters. The normalized spacial score (nSPS) is 14.3. The molecule has 5 heteroatoms. The molecule has 0 spiro atoms. The third-order valence-corrected chi connectivity index (χ3v) is 3.00. The van der Waals surface area contributed by atoms with Gasteiger partial charge >= 0.3 is 5.97 Å². The molecule has 0 atom stereocenters. The van der Waals surface area contributed by atoms with Crippen LogP contribution < -0.4 is 10.5 Å². The molecule has 18 heavy (non-hydrogen) atoms. The Morgan fingerprint density at radius 2 is 2.22 bits per heavy atom. The van der Waals surface area contributed by atoms with Gasteiger partial charge in [-0.3, -0.25) is 0 Å². The van der Waals surface area contributed by atoms with E-state index in [0.717, 1.165) is 0 Å². The lowest BCUT2D eigenvalue weighted by Gasteiger charge is -2.13. The van der Waals surface area contributed by atoms with Gasteiger partial charge in [-0.1, -0.05) is 11.6 Å². The highest BCUT2D eigenvalue weighted by molar-refractivity contribution is 6.33. The van der Waals surface area contributed by atoms with E-state index in [2.05, 4.69) is 0 Å². The number of rotatable bonds is 5. The van der Waals surface area contributed by atoms with Crippen LogP contribution in [0.15, 0.2) is 12.1 Å². The summed E-state index contributed by atoms with van der Waals surface area (Å²) in [6, 6.07) is 3.11. The summed E-state index contributed by atoms with van der Waals surface area (Å²) in [5.74, 6) is 0.488. The van der Waals surface area contributed by atoms with E-state index in [0.29, 0.717) is 41.2 Å². The van der Waals surface area contributed by atoms with E-state index in [9.17, 15) is 4.79 Å². The number of benzene rings is 1. The second kappa shape index (κ2) is 5.48. The minimum atomic E-state index is -0.461. The number of halogens is 1. The van der Waals surface area contributed by atoms with E-state index in [-0.39, 0.29) is 0 Å². The number of ether oxygens (including phenoxy) is 2. The third-order valence-electron chi connectivity index (χ3n) is 2.72. The summed E-state index contributed by atoms with van der Waals surface area (Å²) in [5, 5.41) is 0.346. The number of nitrogens with two attached hydrogens (primary N) is 1. The molecule has 0 aromatic heterocycles. The first kappa shape index (κ1) is 13.0. The molecule has 1 aliphatic carbocycles. The Kier molecular flexibility index (Phi) is 3.97. The summed E-state index contributed by atoms with van der Waals surface area (Å²) in [4.78, 5) is 11.8. The van der Waals surface area contributed by atoms with Crippen molar-refractivity contribution in [2.75, 3.05) is 18.9 Å². The molecule has 4 nitrogen and oxygen atoms in total. The fourth-order valence-corrected chi connectivity index (χ4v) is 1.89. The van der Waals surface area contributed by atoms with Crippen molar-refractivity contribution in [2.24, 2.45) is 5.92 Å². The molecule has 0 amide bonds. The molecule has 0 saturated heterocycles. The molecule has 1 aliphatic rings. The van der Waals surface area contributed by atoms with Crippen molar-refractivity contribution in [1.29, 1.82) is 0 Å². The minimum Gasteiger partial charge on any atom is -0.491 e. The van der Waals surface area contributed by atoms with Crippen molar-refractivity contribution in [3.05, 3.63) is 22.7 Å². The lowest BCUT2D eigenvalue weighted by Crippen LogP contribution is -2.10. The van der Waals surface area contributed by atoms with E-state index in [1.165, 1.54) is 18.9 Å². The number of carbonyl (C=O) groups is 1. The Bertz CT molecular complexity index is 458. The van der Waals surface area contributed by atoms with E-state index >= 15 is 0 Å². The quantitative estimate of drug-likeness (QED) is 0.659. The second-order valence-electron chi connectivity index (χ2n) is 4.35. The summed E-state index contributed by atoms with van der Waals surface area (Å²) in [6.45, 7) is 2.62. The average molecular weight is 270 g/mol. The molecular weight excluding hydrogens is 254 g/mol. The van der Waals surface area contributed by atoms with Crippen molar-refractivity contribution >= 4 is 23.3 Å². The lowest BCUT2D eigenvalue weighted by atomic mass is 10.1. The molecule has 1 aromatic rings. The molecular formula is C13H16ClNO3. The molecule has 0 aliphatic heterocycles. The predicted molar refractivity (Wildman–Crippen MR) is 70.0 cm³/mol. The Balaban J connectivity index is 2.24. The van der Waals surface area contributed by atoms with Crippen LogP contribution in [0.2, 0.25) is 5.02 Å². The van der Waals surface area contributed by atoms with Crippen LogP contribution >= 0.6 is 11.6 Å². The van der Waals surface area contributed by atoms with Crippen LogP contribution in [0.25, 0.3) is 0 Å². The summed E-state index contributed by atoms with van der Waals surface area (Å²) in [7, 11) is 0. The molecule has 2 N–H and O–H groups in total. The van der Waals surface area contributed by atoms with Crippen LogP contribution in [0.1, 0.15) is 30.1 Å². The van der Waals surface area contributed by atoms with Crippen molar-refractivity contribution in [3.63, 3.8) is 0 Å². The Labute approximate surface area is 111 Å². The highest BCUT2D eigenvalue weighted by Crippen LogP contribution is 2.35. The second-order valence-corrected chi connectivity index (χ2v) is 4.76. The van der Waals surface area contributed by atoms with Crippen molar-refractivity contribution in [1.82, 2.24) is 0 Å². The first-order valence-electron chi connectivity index (χ1n) is 6.00. The van der Waals surface area contributed by atoms with Gasteiger partial charge in [0, 0.05) is 5.69 Å². The van der Waals surface area contributed by atoms with Crippen LogP contribution in [-0.2, 0) is 4.74 Å². The number of nitrogen functional groups attached to an aromatic ring is 1. The van der Waals surface area contributed by atoms with Gasteiger partial charge in [-0.2, -0.15) is 0 Å². The average Bonchev–Trinajstić information content (AvgIpc) is 3.11. The summed E-state index contributed by atoms with van der Waals surface area (Å²) >= 11 is 6.07. The van der Waals surface area contributed by atoms with Gasteiger partial charge < -0.3 is 15.2 Å². The Hall–Kier alpha value is -1.42. The zero-order valence-corrected chi connectivity index (χ0v) is 11.0. The van der Waals surface area contributed by atoms with Crippen LogP contribution in [0.5, 0.6) is 5.75 Å². The first-order chi connectivity index (χ1) is 8.61. The van der Waals surface area contributed by atoms with Crippen molar-refractivity contribution < 1.29 is 14.3 Å². The molecule has 0 radical (unpaired) electrons. The maximum Gasteiger partial charge on any atom is 0.342 e. The maximum atomic E-state index is 11.8. The Morgan fingerprint density at radius 1 is 1.50 bits per heavy atom. The van der Waals surface area contributed by atoms with Crippen LogP contribution in [0, 0.1) is 5.92 Å². The first-order valence-corrected chi connectivity index (χ1v) is 6.38. The Morgan fingerprint density at radius 3 is 2.83 bits per heavy atom. The molecule has 2 rings (SSSR count). The van der Waals surface area contributed by atoms with Gasteiger partial charge in [0.1, 0.15) is 5.56 Å². The van der Waals surface area contributed by atoms with Gasteiger partial charge in [-0.15, -0.1) is 0 Å². The lowest BCUT2D eigenvalue weighted by molar-refractivity contribution is 0.0521. The standard InChI is InChI=1S/C13H16ClNO3/c1-2-17-13(16)10-5-9(15)6-11(14)12(10)18-7-8-3-4-8/h5-6,8H,2-4,7,15H2,1H3. The van der Waals surface area contributed by atoms with Gasteiger partial charge in [-0.05, 0) is 37.8 Å². The maximum absolute atomic E-state index is 11.8. The smallest absolute Gasteiger partial charge is 0.342 e. The zero-order chi connectivity index (χ0) is 13.1. The molecule has 1 saturated carbocycles. The molecule has 0 heterocycles. The van der Waals surface area contributed by atoms with Gasteiger partial charge in [0.05, 0.1) is 18.2 Å². The number of hydrogen-bond donors (Lipinski definition) is 1. The highest BCUT2D eigenvalue weighted by Gasteiger charge is 2.24. The van der Waals surface area contributed by atoms with E-state index in [1.54, 1.807) is 13.0 Å². The molecule has 1 fully saturated rings. The van der Waals surface area contributed by atoms with E-state index in [1.807, 2.05) is 0 Å². The van der Waals surface area contributed by atoms with Gasteiger partial charge in [0.2, 0.25) is 0 Å². The monoisotopic (exact) mass is 269 g/mol. The van der Waals surface area contributed by atoms with E-state index < -0.39 is 5.97 Å². The van der Waals surface area contributed by atoms with Crippen molar-refractivity contribution in [3.8, 4) is 5.75 Å². The zero-order valence-electron chi connectivity index (χ0n) is 10.2. The topological polar surface area (TPSA) is 61.5 Å². The summed E-state index contributed by atoms with van der Waals surface area (Å²) in [6.07, 6.45) is 2.34. The van der Waals surface area contributed by atoms with Crippen LogP contribution in [0.4, 0.5) is 5.69 Å². The van der Waals surface area contributed by atoms with Gasteiger partial charge in [-0.25, -0.2) is 4.79 Å². The highest BCUT2D eigenvalue weighted by atomic mass is 35.5. The minimum absolute atomic E-state index is 0.294. The number of carbonyl (C=O) groups excluding carboxylic acids is 1. The number of anilines is 1. The number of hydrogen-bond acceptors (Lipinski definition) is 4. The molecule has 0 bridgehead atoms. The van der Waals surface area contributed by atoms with E-state index in [4.69, 9.17) is 26.8 Å². The van der Waals surface area contributed by atoms with Crippen LogP contribution in [-0.4, -0.2) is 19.2 Å². The van der Waals surface area contributed by atoms with Crippen molar-refractivity contribution in [2.45, 2.75) is 19.8 Å². The summed E-state index contributed by atoms with van der Waals surface area (Å²) < 4.78 is 10.6. The molecule has 98 valence electrons. The predicted octanol–water partition coefficient (Wildman–Crippen LogP) is 2.89. The van der Waals surface area contributed by atoms with Crippen LogP contribution in [0.3, 0.4) is 0 Å². The largest absolute Gasteiger partial charge is 0.491 e. The number of esters is 1. The third kappa shape index (κ3) is 3.07. The molecule has 1 aromatic carbocycles. The van der Waals surface area contributed by atoms with Gasteiger partial charge in [0.15, 0.2) is 5.75 Å². The SMILES string of the molecule is CCOC(=O)c1cc(N)cc(Cl)c1OCC1CC1. The summed E-state index contributed by atoms with van der Waals surface area (Å²) in [5.41, 5.74) is 6.40. The van der Waals surface area contributed by atoms with Gasteiger partial charge in [0.25, 0.3) is 0 Å². The fourth-order valence-electron chi connectivity index (χ4n) is 1.61. The fraction of sp³-hybridized carbons (Fsp3) is 0.462.